The Kier molecular flexibility index (Phi) is 10.8. The lowest BCUT2D eigenvalue weighted by Crippen LogP contribution is -2.54. The Morgan fingerprint density at radius 3 is 2.59 bits per heavy atom. The van der Waals surface area contributed by atoms with Gasteiger partial charge in [-0.3, -0.25) is 19.1 Å². The Hall–Kier alpha value is -4.27. The fraction of sp³-hybridized carbons (Fsp3) is 0.615. The van der Waals surface area contributed by atoms with Gasteiger partial charge in [0.15, 0.2) is 0 Å². The molecule has 1 aromatic carbocycles. The van der Waals surface area contributed by atoms with Crippen LogP contribution in [0, 0.1) is 24.6 Å². The van der Waals surface area contributed by atoms with Crippen LogP contribution in [0.15, 0.2) is 30.4 Å². The number of pyridine rings is 1. The number of rotatable bonds is 13. The Morgan fingerprint density at radius 2 is 1.91 bits per heavy atom. The van der Waals surface area contributed by atoms with Crippen molar-refractivity contribution in [2.75, 3.05) is 6.54 Å². The van der Waals surface area contributed by atoms with Crippen molar-refractivity contribution in [3.8, 4) is 5.75 Å². The van der Waals surface area contributed by atoms with E-state index in [-0.39, 0.29) is 30.6 Å². The number of benzene rings is 1. The topological polar surface area (TPSA) is 187 Å². The minimum Gasteiger partial charge on any atom is -0.483 e. The first-order chi connectivity index (χ1) is 25.3. The first kappa shape index (κ1) is 39.4. The number of carbonyl (C=O) groups is 4. The minimum atomic E-state index is -3.65. The highest BCUT2D eigenvalue weighted by Gasteiger charge is 2.54. The molecule has 3 heterocycles. The molecular formula is C39H52FN5O8S. The average Bonchev–Trinajstić information content (AvgIpc) is 4.00. The number of ether oxygens (including phenoxy) is 2. The van der Waals surface area contributed by atoms with Crippen LogP contribution in [-0.4, -0.2) is 76.7 Å². The van der Waals surface area contributed by atoms with E-state index in [2.05, 4.69) is 15.0 Å². The lowest BCUT2D eigenvalue weighted by molar-refractivity contribution is -0.139. The number of likely N-dealkylation sites (tertiary alicyclic amines) is 1. The monoisotopic (exact) mass is 769 g/mol. The van der Waals surface area contributed by atoms with Gasteiger partial charge in [0, 0.05) is 29.4 Å². The van der Waals surface area contributed by atoms with Crippen LogP contribution >= 0.6 is 0 Å². The molecule has 4 amide bonds. The van der Waals surface area contributed by atoms with Crippen molar-refractivity contribution in [2.45, 2.75) is 133 Å². The number of nitrogens with two attached hydrogens (primary N) is 1. The molecule has 0 bridgehead atoms. The number of nitrogens with one attached hydrogen (secondary N) is 2. The highest BCUT2D eigenvalue weighted by atomic mass is 32.2. The highest BCUT2D eigenvalue weighted by Crippen LogP contribution is 2.46. The molecule has 1 saturated heterocycles. The number of sulfonamides is 1. The maximum atomic E-state index is 14.2. The number of primary amides is 1. The summed E-state index contributed by atoms with van der Waals surface area (Å²) in [6.45, 7) is 8.70. The number of hydrogen-bond donors (Lipinski definition) is 3. The predicted octanol–water partition coefficient (Wildman–Crippen LogP) is 4.87. The molecule has 1 spiro atoms. The fourth-order valence-electron chi connectivity index (χ4n) is 7.59. The van der Waals surface area contributed by atoms with E-state index in [1.165, 1.54) is 17.0 Å². The van der Waals surface area contributed by atoms with E-state index in [1.54, 1.807) is 40.7 Å². The molecule has 2 aliphatic heterocycles. The SMILES string of the molecule is Cc1nc2cc(F)ccc2c2c1O[C@]1(CC2)C[C@@H](C(N)=O)N(C(=O)[C@H](CCCCC/C=C\[C@@H]2C[C@@H]2C(=O)NS(=O)(=O)C2(C)CC2)NC(=O)OC(C)(C)C)C1. The summed E-state index contributed by atoms with van der Waals surface area (Å²) in [5, 5.41) is 3.53. The van der Waals surface area contributed by atoms with E-state index in [0.29, 0.717) is 61.9 Å². The standard InChI is InChI=1S/C39H52FN5O8S/c1-23-32-27(26-14-13-25(40)20-30(26)42-23)15-16-39(52-32)21-31(33(41)46)45(22-39)35(48)29(43-36(49)53-37(2,3)4)12-10-8-6-7-9-11-24-19-28(24)34(47)44-54(50,51)38(5)17-18-38/h9,11,13-14,20,24,28-29,31H,6-8,10,12,15-19,21-22H2,1-5H3,(H2,41,46)(H,43,49)(H,44,47)/b11-9-/t24-,28+,29+,31+,39-/m1/s1. The number of aryl methyl sites for hydroxylation is 2. The Labute approximate surface area is 316 Å². The number of unbranched alkanes of at least 4 members (excludes halogenated alkanes) is 3. The van der Waals surface area contributed by atoms with Gasteiger partial charge in [-0.2, -0.15) is 0 Å². The molecule has 294 valence electrons. The third-order valence-electron chi connectivity index (χ3n) is 11.1. The number of carbonyl (C=O) groups excluding carboxylic acids is 4. The first-order valence-electron chi connectivity index (χ1n) is 18.9. The maximum absolute atomic E-state index is 14.2. The molecule has 2 aromatic rings. The molecule has 54 heavy (non-hydrogen) atoms. The Balaban J connectivity index is 1.06. The van der Waals surface area contributed by atoms with E-state index in [4.69, 9.17) is 15.2 Å². The van der Waals surface area contributed by atoms with Crippen LogP contribution < -0.4 is 20.5 Å². The molecule has 4 aliphatic rings. The highest BCUT2D eigenvalue weighted by molar-refractivity contribution is 7.91. The lowest BCUT2D eigenvalue weighted by atomic mass is 9.87. The third-order valence-corrected chi connectivity index (χ3v) is 13.3. The van der Waals surface area contributed by atoms with Gasteiger partial charge in [0.2, 0.25) is 27.7 Å². The quantitative estimate of drug-likeness (QED) is 0.189. The van der Waals surface area contributed by atoms with Crippen LogP contribution in [0.4, 0.5) is 9.18 Å². The summed E-state index contributed by atoms with van der Waals surface area (Å²) in [6.07, 6.45) is 9.34. The van der Waals surface area contributed by atoms with Gasteiger partial charge in [-0.1, -0.05) is 25.0 Å². The maximum Gasteiger partial charge on any atom is 0.408 e. The van der Waals surface area contributed by atoms with E-state index < -0.39 is 61.9 Å². The van der Waals surface area contributed by atoms with E-state index in [1.807, 2.05) is 12.2 Å². The second-order valence-electron chi connectivity index (χ2n) is 16.7. The lowest BCUT2D eigenvalue weighted by Gasteiger charge is -2.36. The molecule has 0 unspecified atom stereocenters. The van der Waals surface area contributed by atoms with Crippen LogP contribution in [0.1, 0.15) is 103 Å². The van der Waals surface area contributed by atoms with Crippen LogP contribution in [0.3, 0.4) is 0 Å². The van der Waals surface area contributed by atoms with Gasteiger partial charge < -0.3 is 25.4 Å². The zero-order chi connectivity index (χ0) is 39.2. The summed E-state index contributed by atoms with van der Waals surface area (Å²) >= 11 is 0. The largest absolute Gasteiger partial charge is 0.483 e. The number of amides is 4. The van der Waals surface area contributed by atoms with Crippen molar-refractivity contribution in [1.82, 2.24) is 19.9 Å². The minimum absolute atomic E-state index is 0.0138. The molecule has 15 heteroatoms. The van der Waals surface area contributed by atoms with Crippen LogP contribution in [0.5, 0.6) is 5.75 Å². The summed E-state index contributed by atoms with van der Waals surface area (Å²) in [7, 11) is -3.65. The summed E-state index contributed by atoms with van der Waals surface area (Å²) in [5.41, 5.74) is 6.19. The Morgan fingerprint density at radius 1 is 1.17 bits per heavy atom. The molecule has 2 saturated carbocycles. The van der Waals surface area contributed by atoms with E-state index >= 15 is 0 Å². The molecule has 13 nitrogen and oxygen atoms in total. The zero-order valence-electron chi connectivity index (χ0n) is 31.7. The van der Waals surface area contributed by atoms with E-state index in [9.17, 15) is 32.0 Å². The summed E-state index contributed by atoms with van der Waals surface area (Å²) in [4.78, 5) is 58.5. The first-order valence-corrected chi connectivity index (χ1v) is 20.4. The molecule has 6 rings (SSSR count). The number of nitrogens with zero attached hydrogens (tertiary/aromatic N) is 2. The van der Waals surface area contributed by atoms with Gasteiger partial charge in [0.25, 0.3) is 0 Å². The second kappa shape index (κ2) is 14.8. The average molecular weight is 770 g/mol. The number of hydrogen-bond acceptors (Lipinski definition) is 9. The van der Waals surface area contributed by atoms with Crippen molar-refractivity contribution in [2.24, 2.45) is 17.6 Å². The number of aromatic nitrogens is 1. The van der Waals surface area contributed by atoms with Gasteiger partial charge in [0.05, 0.1) is 22.5 Å². The molecule has 1 aromatic heterocycles. The number of allylic oxidation sites excluding steroid dienone is 2. The van der Waals surface area contributed by atoms with Crippen LogP contribution in [-0.2, 0) is 35.6 Å². The van der Waals surface area contributed by atoms with Gasteiger partial charge >= 0.3 is 6.09 Å². The van der Waals surface area contributed by atoms with E-state index in [0.717, 1.165) is 30.2 Å². The van der Waals surface area contributed by atoms with Gasteiger partial charge in [-0.25, -0.2) is 22.6 Å². The van der Waals surface area contributed by atoms with Crippen molar-refractivity contribution >= 4 is 44.7 Å². The summed E-state index contributed by atoms with van der Waals surface area (Å²) < 4.78 is 52.3. The smallest absolute Gasteiger partial charge is 0.408 e. The number of alkyl carbamates (subject to hydrolysis) is 1. The molecule has 5 atom stereocenters. The van der Waals surface area contributed by atoms with Crippen molar-refractivity contribution < 1.29 is 41.5 Å². The molecule has 2 aliphatic carbocycles. The number of halogens is 1. The fourth-order valence-corrected chi connectivity index (χ4v) is 8.89. The molecule has 4 N–H and O–H groups in total. The predicted molar refractivity (Wildman–Crippen MR) is 199 cm³/mol. The van der Waals surface area contributed by atoms with Gasteiger partial charge in [0.1, 0.15) is 34.9 Å². The van der Waals surface area contributed by atoms with Crippen LogP contribution in [0.2, 0.25) is 0 Å². The van der Waals surface area contributed by atoms with Crippen molar-refractivity contribution in [3.05, 3.63) is 47.4 Å². The van der Waals surface area contributed by atoms with Crippen molar-refractivity contribution in [3.63, 3.8) is 0 Å². The van der Waals surface area contributed by atoms with Gasteiger partial charge in [-0.05, 0) is 104 Å². The zero-order valence-corrected chi connectivity index (χ0v) is 32.5. The second-order valence-corrected chi connectivity index (χ2v) is 18.9. The molecular weight excluding hydrogens is 718 g/mol. The normalized spacial score (nSPS) is 24.9. The summed E-state index contributed by atoms with van der Waals surface area (Å²) in [5.74, 6) is -1.70. The number of fused-ring (bicyclic) bond motifs is 3. The van der Waals surface area contributed by atoms with Crippen molar-refractivity contribution in [1.29, 1.82) is 0 Å². The molecule has 3 fully saturated rings. The third kappa shape index (κ3) is 8.66. The molecule has 0 radical (unpaired) electrons. The van der Waals surface area contributed by atoms with Crippen LogP contribution in [0.25, 0.3) is 10.9 Å². The Bertz CT molecular complexity index is 1980. The summed E-state index contributed by atoms with van der Waals surface area (Å²) in [6, 6.07) is 2.52. The van der Waals surface area contributed by atoms with Gasteiger partial charge in [-0.15, -0.1) is 0 Å².